The average Bonchev–Trinajstić information content (AvgIpc) is 3.17. The highest BCUT2D eigenvalue weighted by Gasteiger charge is 2.43. The van der Waals surface area contributed by atoms with Crippen LogP contribution in [0.4, 0.5) is 5.69 Å². The molecule has 2 heterocycles. The Morgan fingerprint density at radius 1 is 1.36 bits per heavy atom. The molecule has 4 rings (SSSR count). The van der Waals surface area contributed by atoms with Gasteiger partial charge in [0.25, 0.3) is 0 Å². The van der Waals surface area contributed by atoms with E-state index in [0.29, 0.717) is 0 Å². The normalized spacial score (nSPS) is 22.2. The van der Waals surface area contributed by atoms with E-state index in [0.717, 1.165) is 50.9 Å². The molecule has 0 bridgehead atoms. The molecule has 1 aliphatic carbocycles. The number of nitrogens with zero attached hydrogens (tertiary/aromatic N) is 2. The van der Waals surface area contributed by atoms with E-state index in [1.807, 2.05) is 29.1 Å². The second-order valence-corrected chi connectivity index (χ2v) is 7.11. The molecule has 1 atom stereocenters. The number of hydrogen-bond acceptors (Lipinski definition) is 4. The number of nitrogens with two attached hydrogens (primary N) is 1. The quantitative estimate of drug-likeness (QED) is 0.744. The van der Waals surface area contributed by atoms with Crippen molar-refractivity contribution in [2.75, 3.05) is 18.8 Å². The summed E-state index contributed by atoms with van der Waals surface area (Å²) in [5.41, 5.74) is 8.58. The maximum absolute atomic E-state index is 13.3. The van der Waals surface area contributed by atoms with Gasteiger partial charge in [-0.25, -0.2) is 0 Å². The third-order valence-electron chi connectivity index (χ3n) is 5.58. The van der Waals surface area contributed by atoms with Gasteiger partial charge in [0, 0.05) is 18.1 Å². The van der Waals surface area contributed by atoms with Crippen molar-refractivity contribution in [1.29, 1.82) is 0 Å². The average molecular weight is 339 g/mol. The highest BCUT2D eigenvalue weighted by Crippen LogP contribution is 2.33. The number of benzene rings is 1. The molecule has 1 aromatic heterocycles. The fourth-order valence-corrected chi connectivity index (χ4v) is 4.20. The second-order valence-electron chi connectivity index (χ2n) is 7.11. The third kappa shape index (κ3) is 2.91. The van der Waals surface area contributed by atoms with Crippen LogP contribution in [0.2, 0.25) is 0 Å². The Balaban J connectivity index is 1.61. The molecular formula is C19H25N5O. The number of carbonyl (C=O) groups excluding carboxylic acids is 1. The van der Waals surface area contributed by atoms with Crippen molar-refractivity contribution in [3.05, 3.63) is 47.8 Å². The Bertz CT molecular complexity index is 749. The second kappa shape index (κ2) is 6.52. The number of piperidine rings is 1. The Morgan fingerprint density at radius 3 is 2.96 bits per heavy atom. The van der Waals surface area contributed by atoms with Gasteiger partial charge in [-0.05, 0) is 74.5 Å². The van der Waals surface area contributed by atoms with Crippen LogP contribution in [0.1, 0.15) is 42.9 Å². The lowest BCUT2D eigenvalue weighted by molar-refractivity contribution is -0.133. The van der Waals surface area contributed by atoms with Crippen LogP contribution < -0.4 is 16.4 Å². The molecule has 2 aromatic rings. The Labute approximate surface area is 147 Å². The van der Waals surface area contributed by atoms with Crippen LogP contribution in [0.25, 0.3) is 0 Å². The van der Waals surface area contributed by atoms with Crippen LogP contribution in [0.3, 0.4) is 0 Å². The van der Waals surface area contributed by atoms with E-state index in [1.165, 1.54) is 11.1 Å². The summed E-state index contributed by atoms with van der Waals surface area (Å²) in [6.45, 7) is 1.65. The van der Waals surface area contributed by atoms with Crippen LogP contribution in [-0.2, 0) is 16.8 Å². The number of hydrogen-bond donors (Lipinski definition) is 3. The topological polar surface area (TPSA) is 85.0 Å². The van der Waals surface area contributed by atoms with Gasteiger partial charge in [-0.3, -0.25) is 9.48 Å². The summed E-state index contributed by atoms with van der Waals surface area (Å²) < 4.78 is 1.84. The zero-order chi connectivity index (χ0) is 17.3. The van der Waals surface area contributed by atoms with Crippen LogP contribution in [0.5, 0.6) is 0 Å². The van der Waals surface area contributed by atoms with Crippen molar-refractivity contribution in [3.8, 4) is 0 Å². The molecule has 6 nitrogen and oxygen atoms in total. The third-order valence-corrected chi connectivity index (χ3v) is 5.58. The summed E-state index contributed by atoms with van der Waals surface area (Å²) in [5, 5.41) is 11.1. The number of rotatable bonds is 3. The van der Waals surface area contributed by atoms with Crippen molar-refractivity contribution in [2.45, 2.75) is 43.7 Å². The Morgan fingerprint density at radius 2 is 2.20 bits per heavy atom. The molecular weight excluding hydrogens is 314 g/mol. The number of aromatic nitrogens is 2. The first-order chi connectivity index (χ1) is 12.2. The van der Waals surface area contributed by atoms with Gasteiger partial charge in [0.1, 0.15) is 5.54 Å². The van der Waals surface area contributed by atoms with Gasteiger partial charge >= 0.3 is 0 Å². The molecule has 1 aliphatic heterocycles. The van der Waals surface area contributed by atoms with Gasteiger partial charge in [0.05, 0.1) is 6.04 Å². The van der Waals surface area contributed by atoms with E-state index < -0.39 is 5.54 Å². The highest BCUT2D eigenvalue weighted by atomic mass is 16.2. The molecule has 1 aromatic carbocycles. The lowest BCUT2D eigenvalue weighted by Crippen LogP contribution is -2.55. The zero-order valence-corrected chi connectivity index (χ0v) is 14.4. The van der Waals surface area contributed by atoms with Gasteiger partial charge in [0.15, 0.2) is 0 Å². The van der Waals surface area contributed by atoms with Crippen molar-refractivity contribution in [3.63, 3.8) is 0 Å². The monoisotopic (exact) mass is 339 g/mol. The maximum Gasteiger partial charge on any atom is 0.248 e. The molecule has 132 valence electrons. The summed E-state index contributed by atoms with van der Waals surface area (Å²) in [5.74, 6) is 0.0763. The van der Waals surface area contributed by atoms with Gasteiger partial charge in [0.2, 0.25) is 5.91 Å². The van der Waals surface area contributed by atoms with Crippen LogP contribution in [0, 0.1) is 0 Å². The Hall–Kier alpha value is -2.34. The zero-order valence-electron chi connectivity index (χ0n) is 14.4. The first kappa shape index (κ1) is 16.1. The Kier molecular flexibility index (Phi) is 4.21. The van der Waals surface area contributed by atoms with E-state index in [4.69, 9.17) is 5.73 Å². The smallest absolute Gasteiger partial charge is 0.248 e. The molecule has 0 spiro atoms. The van der Waals surface area contributed by atoms with E-state index >= 15 is 0 Å². The summed E-state index contributed by atoms with van der Waals surface area (Å²) in [7, 11) is 0. The summed E-state index contributed by atoms with van der Waals surface area (Å²) in [6.07, 6.45) is 8.22. The number of nitrogen functional groups attached to an aromatic ring is 1. The molecule has 1 saturated heterocycles. The number of anilines is 1. The van der Waals surface area contributed by atoms with Crippen molar-refractivity contribution >= 4 is 11.6 Å². The van der Waals surface area contributed by atoms with E-state index in [2.05, 4.69) is 21.8 Å². The molecule has 1 fully saturated rings. The molecule has 25 heavy (non-hydrogen) atoms. The lowest BCUT2D eigenvalue weighted by Gasteiger charge is -2.38. The van der Waals surface area contributed by atoms with Crippen molar-refractivity contribution in [1.82, 2.24) is 20.4 Å². The highest BCUT2D eigenvalue weighted by molar-refractivity contribution is 5.85. The van der Waals surface area contributed by atoms with Crippen molar-refractivity contribution in [2.24, 2.45) is 0 Å². The minimum absolute atomic E-state index is 0.0548. The van der Waals surface area contributed by atoms with E-state index in [-0.39, 0.29) is 11.9 Å². The van der Waals surface area contributed by atoms with E-state index in [1.54, 1.807) is 6.20 Å². The standard InChI is InChI=1S/C19H25N5O/c20-15-5-6-16-14(13-15)3-1-4-17(16)23-18(25)19(7-10-21-11-8-19)24-12-2-9-22-24/h2,5-6,9,12-13,17,21H,1,3-4,7-8,10-11,20H2,(H,23,25). The minimum Gasteiger partial charge on any atom is -0.399 e. The summed E-state index contributed by atoms with van der Waals surface area (Å²) >= 11 is 0. The number of aryl methyl sites for hydroxylation is 1. The van der Waals surface area contributed by atoms with Crippen molar-refractivity contribution < 1.29 is 4.79 Å². The minimum atomic E-state index is -0.597. The molecule has 0 radical (unpaired) electrons. The molecule has 2 aliphatic rings. The van der Waals surface area contributed by atoms with Gasteiger partial charge in [-0.15, -0.1) is 0 Å². The first-order valence-electron chi connectivity index (χ1n) is 9.09. The number of carbonyl (C=O) groups is 1. The molecule has 1 amide bonds. The summed E-state index contributed by atoms with van der Waals surface area (Å²) in [6, 6.07) is 7.98. The summed E-state index contributed by atoms with van der Waals surface area (Å²) in [4.78, 5) is 13.3. The van der Waals surface area contributed by atoms with Crippen LogP contribution >= 0.6 is 0 Å². The predicted octanol–water partition coefficient (Wildman–Crippen LogP) is 1.74. The molecule has 4 N–H and O–H groups in total. The van der Waals surface area contributed by atoms with Gasteiger partial charge < -0.3 is 16.4 Å². The number of nitrogens with one attached hydrogen (secondary N) is 2. The van der Waals surface area contributed by atoms with Crippen LogP contribution in [0.15, 0.2) is 36.7 Å². The van der Waals surface area contributed by atoms with E-state index in [9.17, 15) is 4.79 Å². The fraction of sp³-hybridized carbons (Fsp3) is 0.474. The largest absolute Gasteiger partial charge is 0.399 e. The van der Waals surface area contributed by atoms with Gasteiger partial charge in [-0.1, -0.05) is 6.07 Å². The van der Waals surface area contributed by atoms with Gasteiger partial charge in [-0.2, -0.15) is 5.10 Å². The SMILES string of the molecule is Nc1ccc2c(c1)CCCC2NC(=O)C1(n2cccn2)CCNCC1. The fourth-order valence-electron chi connectivity index (χ4n) is 4.20. The predicted molar refractivity (Wildman–Crippen MR) is 97.0 cm³/mol. The van der Waals surface area contributed by atoms with Crippen LogP contribution in [-0.4, -0.2) is 28.8 Å². The maximum atomic E-state index is 13.3. The molecule has 1 unspecified atom stereocenters. The number of amides is 1. The molecule has 0 saturated carbocycles. The first-order valence-corrected chi connectivity index (χ1v) is 9.09. The lowest BCUT2D eigenvalue weighted by atomic mass is 9.84. The molecule has 6 heteroatoms. The number of fused-ring (bicyclic) bond motifs is 1.